The Kier molecular flexibility index (Phi) is 24.7. The highest BCUT2D eigenvalue weighted by atomic mass is 32.2. The topological polar surface area (TPSA) is 257 Å². The van der Waals surface area contributed by atoms with E-state index < -0.39 is 12.1 Å². The predicted octanol–water partition coefficient (Wildman–Crippen LogP) is 12.0. The van der Waals surface area contributed by atoms with E-state index in [9.17, 15) is 26.3 Å². The summed E-state index contributed by atoms with van der Waals surface area (Å²) >= 11 is 4.08. The summed E-state index contributed by atoms with van der Waals surface area (Å²) in [6.07, 6.45) is 9.20. The van der Waals surface area contributed by atoms with Crippen LogP contribution in [-0.4, -0.2) is 66.2 Å². The molecule has 1 aliphatic rings. The van der Waals surface area contributed by atoms with Crippen LogP contribution in [0.5, 0.6) is 0 Å². The fraction of sp³-hybridized carbons (Fsp3) is 0.208. The normalized spacial score (nSPS) is 13.4. The van der Waals surface area contributed by atoms with Gasteiger partial charge >= 0.3 is 6.18 Å². The van der Waals surface area contributed by atoms with Crippen LogP contribution in [0.2, 0.25) is 0 Å². The summed E-state index contributed by atoms with van der Waals surface area (Å²) in [6.45, 7) is 1.82. The maximum atomic E-state index is 14.6. The largest absolute Gasteiger partial charge is 0.542 e. The number of carboxylic acid groups (broad SMARTS) is 1. The van der Waals surface area contributed by atoms with Gasteiger partial charge in [0.15, 0.2) is 0 Å². The zero-order valence-corrected chi connectivity index (χ0v) is 42.9. The van der Waals surface area contributed by atoms with E-state index in [-0.39, 0.29) is 56.3 Å². The van der Waals surface area contributed by atoms with Crippen molar-refractivity contribution in [3.63, 3.8) is 0 Å². The number of nitrogens with one attached hydrogen (secondary N) is 4. The molecule has 3 aromatic carbocycles. The van der Waals surface area contributed by atoms with Gasteiger partial charge in [-0.1, -0.05) is 63.0 Å². The second-order valence-corrected chi connectivity index (χ2v) is 19.4. The van der Waals surface area contributed by atoms with E-state index in [0.717, 1.165) is 51.8 Å². The number of nitrogens with zero attached hydrogens (tertiary/aromatic N) is 7. The third-order valence-electron chi connectivity index (χ3n) is 10.3. The van der Waals surface area contributed by atoms with Crippen LogP contribution in [0.3, 0.4) is 0 Å². The van der Waals surface area contributed by atoms with Crippen molar-refractivity contribution in [2.45, 2.75) is 95.1 Å². The van der Waals surface area contributed by atoms with Gasteiger partial charge in [-0.3, -0.25) is 15.0 Å². The molecule has 5 heterocycles. The minimum absolute atomic E-state index is 0. The molecule has 0 aliphatic heterocycles. The molecule has 0 amide bonds. The number of aromatic nitrogens is 7. The first-order chi connectivity index (χ1) is 36.4. The Morgan fingerprint density at radius 3 is 1.33 bits per heavy atom. The number of anilines is 8. The van der Waals surface area contributed by atoms with E-state index in [0.29, 0.717) is 43.5 Å². The molecule has 0 bridgehead atoms. The van der Waals surface area contributed by atoms with Crippen molar-refractivity contribution in [2.75, 3.05) is 39.8 Å². The van der Waals surface area contributed by atoms with Gasteiger partial charge in [0, 0.05) is 121 Å². The Labute approximate surface area is 460 Å². The highest BCUT2D eigenvalue weighted by Crippen LogP contribution is 2.34. The molecule has 0 saturated heterocycles. The van der Waals surface area contributed by atoms with Crippen molar-refractivity contribution in [3.05, 3.63) is 163 Å². The number of rotatable bonds is 13. The number of carbonyl (C=O) groups is 1. The van der Waals surface area contributed by atoms with Crippen molar-refractivity contribution >= 4 is 87.7 Å². The van der Waals surface area contributed by atoms with Crippen LogP contribution in [0.25, 0.3) is 0 Å². The molecule has 5 aromatic heterocycles. The summed E-state index contributed by atoms with van der Waals surface area (Å²) in [5.74, 6) is -1.91. The molecule has 0 spiro atoms. The van der Waals surface area contributed by atoms with Crippen LogP contribution in [0, 0.1) is 24.4 Å². The number of carbonyl (C=O) groups excluding carboxylic acids is 1. The number of alkyl halides is 3. The number of aryl methyl sites for hydroxylation is 1. The van der Waals surface area contributed by atoms with Gasteiger partial charge in [-0.05, 0) is 111 Å². The first-order valence-electron chi connectivity index (χ1n) is 22.8. The third-order valence-corrected chi connectivity index (χ3v) is 13.4. The van der Waals surface area contributed by atoms with Crippen molar-refractivity contribution in [1.29, 1.82) is 0 Å². The fourth-order valence-electron chi connectivity index (χ4n) is 6.75. The zero-order valence-electron chi connectivity index (χ0n) is 40.4. The minimum atomic E-state index is -5.19. The maximum absolute atomic E-state index is 14.6. The lowest BCUT2D eigenvalue weighted by atomic mass is 9.91. The monoisotopic (exact) mass is 1130 g/mol. The molecule has 412 valence electrons. The number of nitrogens with two attached hydrogens (primary N) is 3. The molecule has 9 rings (SSSR count). The zero-order chi connectivity index (χ0) is 54.6. The number of nitrogen functional groups attached to an aromatic ring is 2. The van der Waals surface area contributed by atoms with Crippen molar-refractivity contribution in [2.24, 2.45) is 5.73 Å². The lowest BCUT2D eigenvalue weighted by molar-refractivity contribution is -0.344. The summed E-state index contributed by atoms with van der Waals surface area (Å²) in [4.78, 5) is 41.7. The van der Waals surface area contributed by atoms with Gasteiger partial charge in [0.2, 0.25) is 11.9 Å². The summed E-state index contributed by atoms with van der Waals surface area (Å²) < 4.78 is 74.0. The smallest absolute Gasteiger partial charge is 0.430 e. The Morgan fingerprint density at radius 1 is 0.577 bits per heavy atom. The van der Waals surface area contributed by atoms with Crippen LogP contribution < -0.4 is 43.6 Å². The van der Waals surface area contributed by atoms with Crippen LogP contribution >= 0.6 is 35.3 Å². The first-order valence-corrected chi connectivity index (χ1v) is 25.3. The van der Waals surface area contributed by atoms with Gasteiger partial charge in [-0.15, -0.1) is 0 Å². The number of aliphatic carboxylic acids is 1. The molecule has 78 heavy (non-hydrogen) atoms. The van der Waals surface area contributed by atoms with Crippen molar-refractivity contribution in [3.8, 4) is 0 Å². The molecular formula is C53H57F6N14O2S3-. The van der Waals surface area contributed by atoms with Gasteiger partial charge in [-0.2, -0.15) is 28.1 Å². The Hall–Kier alpha value is -7.87. The molecule has 16 nitrogen and oxygen atoms in total. The lowest BCUT2D eigenvalue weighted by Gasteiger charge is -2.29. The van der Waals surface area contributed by atoms with Crippen LogP contribution in [0.15, 0.2) is 170 Å². The average molecular weight is 1130 g/mol. The van der Waals surface area contributed by atoms with Crippen LogP contribution in [-0.2, 0) is 4.79 Å². The standard InChI is InChI=1S/C21H24FN7S.C16H14FN5S.C12H11FN2S.C2HF3O2.2CH4/c22-15-11-13(5-6-18(15)30-14-7-9-25-10-8-14)26-19-12-20(29-21(24)28-19)27-17-4-2-1-3-16(17)23;1-10-8-15(22-16(18)20-10)21-11-2-3-14(13(17)9-11)23-12-4-6-19-7-5-12;1-14-9-2-3-12(11(13)8-9)16-10-4-6-15-7-5-10;3-2(4,5)1(6)7;;/h5-12,16-17H,1-4,23H2,(H4,24,26,27,28,29);2-9H,1H3,(H3,18,20,21,22);2-8,14H,1H3;(H,6,7);2*1H4/p-1. The van der Waals surface area contributed by atoms with E-state index in [2.05, 4.69) is 56.2 Å². The molecule has 25 heteroatoms. The van der Waals surface area contributed by atoms with Crippen LogP contribution in [0.4, 0.5) is 72.8 Å². The second-order valence-electron chi connectivity index (χ2n) is 16.0. The van der Waals surface area contributed by atoms with Gasteiger partial charge < -0.3 is 48.4 Å². The van der Waals surface area contributed by atoms with E-state index in [1.807, 2.05) is 49.4 Å². The summed E-state index contributed by atoms with van der Waals surface area (Å²) in [5.41, 5.74) is 20.4. The van der Waals surface area contributed by atoms with Crippen LogP contribution in [0.1, 0.15) is 46.2 Å². The third kappa shape index (κ3) is 20.6. The minimum Gasteiger partial charge on any atom is -0.542 e. The highest BCUT2D eigenvalue weighted by molar-refractivity contribution is 7.99. The summed E-state index contributed by atoms with van der Waals surface area (Å²) in [6, 6.07) is 29.8. The second kappa shape index (κ2) is 30.8. The van der Waals surface area contributed by atoms with E-state index in [1.165, 1.54) is 53.5 Å². The molecule has 1 aliphatic carbocycles. The highest BCUT2D eigenvalue weighted by Gasteiger charge is 2.29. The SMILES string of the molecule is C.C.CNc1ccc(Sc2ccncc2)c(F)c1.Cc1cc(Nc2ccc(Sc3ccncc3)c(F)c2)nc(N)n1.Nc1nc(Nc2ccc(Sc3ccncc3)c(F)c2)cc(NC2CCCCC2N)n1.O=C([O-])C(F)(F)F. The molecule has 2 atom stereocenters. The Bertz CT molecular complexity index is 3120. The van der Waals surface area contributed by atoms with E-state index in [1.54, 1.807) is 86.7 Å². The van der Waals surface area contributed by atoms with E-state index in [4.69, 9.17) is 27.1 Å². The van der Waals surface area contributed by atoms with Gasteiger partial charge in [-0.25, -0.2) is 18.2 Å². The van der Waals surface area contributed by atoms with Gasteiger partial charge in [0.05, 0.1) is 0 Å². The number of benzene rings is 3. The molecule has 0 radical (unpaired) electrons. The summed E-state index contributed by atoms with van der Waals surface area (Å²) in [5, 5.41) is 21.2. The van der Waals surface area contributed by atoms with Crippen molar-refractivity contribution < 1.29 is 36.2 Å². The number of hydrogen-bond donors (Lipinski definition) is 7. The first kappa shape index (κ1) is 62.7. The number of pyridine rings is 3. The Balaban J connectivity index is 0.000000243. The predicted molar refractivity (Wildman–Crippen MR) is 296 cm³/mol. The van der Waals surface area contributed by atoms with Gasteiger partial charge in [0.25, 0.3) is 0 Å². The molecule has 1 fully saturated rings. The molecular weight excluding hydrogens is 1070 g/mol. The molecule has 10 N–H and O–H groups in total. The maximum Gasteiger partial charge on any atom is 0.430 e. The number of carboxylic acids is 1. The Morgan fingerprint density at radius 2 is 0.949 bits per heavy atom. The lowest BCUT2D eigenvalue weighted by Crippen LogP contribution is -2.42. The van der Waals surface area contributed by atoms with Crippen molar-refractivity contribution in [1.82, 2.24) is 34.9 Å². The fourth-order valence-corrected chi connectivity index (χ4v) is 9.16. The number of hydrogen-bond acceptors (Lipinski definition) is 19. The molecule has 2 unspecified atom stereocenters. The number of halogens is 6. The van der Waals surface area contributed by atoms with Gasteiger partial charge in [0.1, 0.15) is 40.9 Å². The molecule has 1 saturated carbocycles. The summed E-state index contributed by atoms with van der Waals surface area (Å²) in [7, 11) is 1.77. The van der Waals surface area contributed by atoms with E-state index >= 15 is 0 Å². The molecule has 8 aromatic rings. The average Bonchev–Trinajstić information content (AvgIpc) is 3.38. The quantitative estimate of drug-likeness (QED) is 0.0530.